The molecule has 0 saturated carbocycles. The van der Waals surface area contributed by atoms with E-state index in [1.807, 2.05) is 13.8 Å². The van der Waals surface area contributed by atoms with E-state index in [0.29, 0.717) is 28.7 Å². The first kappa shape index (κ1) is 18.7. The third kappa shape index (κ3) is 3.54. The normalized spacial score (nSPS) is 10.3. The van der Waals surface area contributed by atoms with Crippen molar-refractivity contribution in [3.05, 3.63) is 29.0 Å². The molecule has 0 atom stereocenters. The summed E-state index contributed by atoms with van der Waals surface area (Å²) < 4.78 is 11.0. The minimum atomic E-state index is -1.23. The molecule has 0 aliphatic carbocycles. The van der Waals surface area contributed by atoms with Gasteiger partial charge in [-0.2, -0.15) is 0 Å². The van der Waals surface area contributed by atoms with E-state index in [-0.39, 0.29) is 48.2 Å². The number of carbonyl (C=O) groups is 2. The minimum Gasteiger partial charge on any atom is -0.550 e. The van der Waals surface area contributed by atoms with Gasteiger partial charge in [0.2, 0.25) is 0 Å². The first-order valence-corrected chi connectivity index (χ1v) is 6.81. The Morgan fingerprint density at radius 1 is 1.27 bits per heavy atom. The van der Waals surface area contributed by atoms with Crippen LogP contribution in [0.25, 0.3) is 11.0 Å². The summed E-state index contributed by atoms with van der Waals surface area (Å²) >= 11 is 0. The Morgan fingerprint density at radius 2 is 1.95 bits per heavy atom. The SMILES string of the molecule is CCc1oc2c(OC)ccc(C(=O)CCC(=O)[O-])c2c1C.[Na+]. The quantitative estimate of drug-likeness (QED) is 0.506. The summed E-state index contributed by atoms with van der Waals surface area (Å²) in [6, 6.07) is 3.32. The Balaban J connectivity index is 0.00000242. The summed E-state index contributed by atoms with van der Waals surface area (Å²) in [4.78, 5) is 22.8. The molecule has 0 fully saturated rings. The van der Waals surface area contributed by atoms with Crippen molar-refractivity contribution in [1.29, 1.82) is 0 Å². The zero-order chi connectivity index (χ0) is 15.6. The summed E-state index contributed by atoms with van der Waals surface area (Å²) in [6.07, 6.45) is 0.329. The predicted octanol–water partition coefficient (Wildman–Crippen LogP) is -0.971. The zero-order valence-electron chi connectivity index (χ0n) is 13.3. The number of carbonyl (C=O) groups excluding carboxylic acids is 2. The van der Waals surface area contributed by atoms with Gasteiger partial charge in [-0.1, -0.05) is 6.92 Å². The van der Waals surface area contributed by atoms with Crippen LogP contribution in [0.4, 0.5) is 0 Å². The molecule has 2 rings (SSSR count). The zero-order valence-corrected chi connectivity index (χ0v) is 15.3. The molecule has 0 aliphatic rings. The number of ether oxygens (including phenoxy) is 1. The van der Waals surface area contributed by atoms with Crippen LogP contribution in [0.1, 0.15) is 41.4 Å². The van der Waals surface area contributed by atoms with Crippen molar-refractivity contribution in [1.82, 2.24) is 0 Å². The monoisotopic (exact) mass is 312 g/mol. The van der Waals surface area contributed by atoms with Crippen LogP contribution >= 0.6 is 0 Å². The van der Waals surface area contributed by atoms with Crippen LogP contribution in [-0.4, -0.2) is 18.9 Å². The second kappa shape index (κ2) is 7.81. The van der Waals surface area contributed by atoms with Crippen LogP contribution < -0.4 is 39.4 Å². The van der Waals surface area contributed by atoms with E-state index in [1.54, 1.807) is 12.1 Å². The predicted molar refractivity (Wildman–Crippen MR) is 75.5 cm³/mol. The Labute approximate surface area is 150 Å². The minimum absolute atomic E-state index is 0. The van der Waals surface area contributed by atoms with Crippen molar-refractivity contribution < 1.29 is 53.4 Å². The van der Waals surface area contributed by atoms with Crippen LogP contribution in [0.5, 0.6) is 5.75 Å². The molecule has 0 aliphatic heterocycles. The average molecular weight is 312 g/mol. The van der Waals surface area contributed by atoms with Gasteiger partial charge < -0.3 is 19.1 Å². The van der Waals surface area contributed by atoms with Gasteiger partial charge in [0.15, 0.2) is 17.1 Å². The molecular formula is C16H17NaO5. The number of carboxylic acid groups (broad SMARTS) is 1. The van der Waals surface area contributed by atoms with Crippen LogP contribution in [0, 0.1) is 6.92 Å². The first-order valence-electron chi connectivity index (χ1n) is 6.81. The summed E-state index contributed by atoms with van der Waals surface area (Å²) in [5, 5.41) is 11.2. The molecule has 1 heterocycles. The van der Waals surface area contributed by atoms with Crippen molar-refractivity contribution in [2.75, 3.05) is 7.11 Å². The van der Waals surface area contributed by atoms with E-state index in [1.165, 1.54) is 7.11 Å². The molecule has 6 heteroatoms. The van der Waals surface area contributed by atoms with E-state index >= 15 is 0 Å². The second-order valence-corrected chi connectivity index (χ2v) is 4.82. The maximum atomic E-state index is 12.2. The third-order valence-corrected chi connectivity index (χ3v) is 3.54. The molecule has 0 spiro atoms. The molecule has 5 nitrogen and oxygen atoms in total. The summed E-state index contributed by atoms with van der Waals surface area (Å²) in [7, 11) is 1.54. The Kier molecular flexibility index (Phi) is 6.66. The van der Waals surface area contributed by atoms with Crippen LogP contribution in [0.3, 0.4) is 0 Å². The number of benzene rings is 1. The van der Waals surface area contributed by atoms with Gasteiger partial charge in [-0.25, -0.2) is 0 Å². The standard InChI is InChI=1S/C16H18O5.Na/c1-4-12-9(2)15-10(11(17)6-8-14(18)19)5-7-13(20-3)16(15)21-12;/h5,7H,4,6,8H2,1-3H3,(H,18,19);/q;+1/p-1. The average Bonchev–Trinajstić information content (AvgIpc) is 2.81. The Bertz CT molecular complexity index is 702. The van der Waals surface area contributed by atoms with Gasteiger partial charge in [0.25, 0.3) is 0 Å². The van der Waals surface area contributed by atoms with E-state index in [0.717, 1.165) is 11.3 Å². The van der Waals surface area contributed by atoms with Gasteiger partial charge in [0.05, 0.1) is 7.11 Å². The summed E-state index contributed by atoms with van der Waals surface area (Å²) in [6.45, 7) is 3.86. The molecule has 0 radical (unpaired) electrons. The van der Waals surface area contributed by atoms with E-state index in [2.05, 4.69) is 0 Å². The summed E-state index contributed by atoms with van der Waals surface area (Å²) in [5.74, 6) is -0.114. The van der Waals surface area contributed by atoms with Gasteiger partial charge in [0.1, 0.15) is 5.76 Å². The van der Waals surface area contributed by atoms with Crippen molar-refractivity contribution in [2.45, 2.75) is 33.1 Å². The fourth-order valence-electron chi connectivity index (χ4n) is 2.46. The molecule has 0 bridgehead atoms. The number of aliphatic carboxylic acids is 1. The van der Waals surface area contributed by atoms with Gasteiger partial charge in [-0.3, -0.25) is 4.79 Å². The Hall–Kier alpha value is -1.30. The number of methoxy groups -OCH3 is 1. The van der Waals surface area contributed by atoms with Crippen molar-refractivity contribution in [3.63, 3.8) is 0 Å². The first-order chi connectivity index (χ1) is 9.99. The van der Waals surface area contributed by atoms with Crippen molar-refractivity contribution >= 4 is 22.7 Å². The van der Waals surface area contributed by atoms with Crippen LogP contribution in [0.15, 0.2) is 16.5 Å². The molecule has 0 saturated heterocycles. The topological polar surface area (TPSA) is 79.6 Å². The number of furan rings is 1. The number of Topliss-reactive ketones (excluding diaryl/α,β-unsaturated/α-hetero) is 1. The fraction of sp³-hybridized carbons (Fsp3) is 0.375. The largest absolute Gasteiger partial charge is 1.00 e. The van der Waals surface area contributed by atoms with Crippen molar-refractivity contribution in [3.8, 4) is 5.75 Å². The number of ketones is 1. The third-order valence-electron chi connectivity index (χ3n) is 3.54. The molecular weight excluding hydrogens is 295 g/mol. The second-order valence-electron chi connectivity index (χ2n) is 4.82. The number of hydrogen-bond donors (Lipinski definition) is 0. The fourth-order valence-corrected chi connectivity index (χ4v) is 2.46. The summed E-state index contributed by atoms with van der Waals surface area (Å²) in [5.41, 5.74) is 1.89. The molecule has 1 aromatic heterocycles. The van der Waals surface area contributed by atoms with Crippen LogP contribution in [0.2, 0.25) is 0 Å². The molecule has 22 heavy (non-hydrogen) atoms. The van der Waals surface area contributed by atoms with Gasteiger partial charge in [-0.15, -0.1) is 0 Å². The van der Waals surface area contributed by atoms with Gasteiger partial charge in [-0.05, 0) is 31.0 Å². The smallest absolute Gasteiger partial charge is 0.550 e. The van der Waals surface area contributed by atoms with Gasteiger partial charge >= 0.3 is 29.6 Å². The number of rotatable bonds is 6. The van der Waals surface area contributed by atoms with Gasteiger partial charge in [0, 0.05) is 29.8 Å². The molecule has 0 N–H and O–H groups in total. The number of hydrogen-bond acceptors (Lipinski definition) is 5. The van der Waals surface area contributed by atoms with Crippen LogP contribution in [-0.2, 0) is 11.2 Å². The molecule has 1 aromatic carbocycles. The van der Waals surface area contributed by atoms with E-state index in [9.17, 15) is 14.7 Å². The molecule has 0 unspecified atom stereocenters. The Morgan fingerprint density at radius 3 is 2.50 bits per heavy atom. The maximum Gasteiger partial charge on any atom is 1.00 e. The maximum absolute atomic E-state index is 12.2. The van der Waals surface area contributed by atoms with E-state index < -0.39 is 5.97 Å². The number of aryl methyl sites for hydroxylation is 2. The molecule has 112 valence electrons. The molecule has 0 amide bonds. The van der Waals surface area contributed by atoms with Crippen molar-refractivity contribution in [2.24, 2.45) is 0 Å². The number of fused-ring (bicyclic) bond motifs is 1. The number of carboxylic acids is 1. The van der Waals surface area contributed by atoms with E-state index in [4.69, 9.17) is 9.15 Å². The molecule has 2 aromatic rings.